The molecule has 0 saturated carbocycles. The van der Waals surface area contributed by atoms with E-state index < -0.39 is 0 Å². The van der Waals surface area contributed by atoms with E-state index in [1.54, 1.807) is 0 Å². The molecule has 1 rings (SSSR count). The second-order valence-electron chi connectivity index (χ2n) is 5.43. The van der Waals surface area contributed by atoms with Gasteiger partial charge in [0.2, 0.25) is 5.91 Å². The molecule has 0 aromatic carbocycles. The number of hydrogen-bond donors (Lipinski definition) is 2. The van der Waals surface area contributed by atoms with Gasteiger partial charge in [-0.25, -0.2) is 0 Å². The van der Waals surface area contributed by atoms with Crippen LogP contribution >= 0.6 is 0 Å². The van der Waals surface area contributed by atoms with Crippen LogP contribution in [0.1, 0.15) is 45.7 Å². The quantitative estimate of drug-likeness (QED) is 0.758. The predicted molar refractivity (Wildman–Crippen MR) is 79.0 cm³/mol. The lowest BCUT2D eigenvalue weighted by Gasteiger charge is -2.10. The third-order valence-electron chi connectivity index (χ3n) is 3.15. The molecule has 4 nitrogen and oxygen atoms in total. The minimum absolute atomic E-state index is 0.0823. The summed E-state index contributed by atoms with van der Waals surface area (Å²) in [5.41, 5.74) is 1.22. The van der Waals surface area contributed by atoms with Crippen molar-refractivity contribution in [2.45, 2.75) is 46.7 Å². The maximum atomic E-state index is 11.8. The number of carbonyl (C=O) groups is 1. The molecule has 0 bridgehead atoms. The highest BCUT2D eigenvalue weighted by Gasteiger charge is 2.07. The Morgan fingerprint density at radius 2 is 2.11 bits per heavy atom. The summed E-state index contributed by atoms with van der Waals surface area (Å²) in [6.07, 6.45) is 5.03. The average molecular weight is 265 g/mol. The summed E-state index contributed by atoms with van der Waals surface area (Å²) in [7, 11) is 0. The lowest BCUT2D eigenvalue weighted by molar-refractivity contribution is -0.121. The van der Waals surface area contributed by atoms with Crippen molar-refractivity contribution >= 4 is 5.91 Å². The second-order valence-corrected chi connectivity index (χ2v) is 5.43. The summed E-state index contributed by atoms with van der Waals surface area (Å²) < 4.78 is 1.94. The van der Waals surface area contributed by atoms with Crippen LogP contribution in [0.15, 0.2) is 18.5 Å². The fourth-order valence-electron chi connectivity index (χ4n) is 1.96. The molecule has 0 aliphatic heterocycles. The van der Waals surface area contributed by atoms with E-state index in [2.05, 4.69) is 44.4 Å². The smallest absolute Gasteiger partial charge is 0.239 e. The first kappa shape index (κ1) is 15.8. The van der Waals surface area contributed by atoms with Crippen molar-refractivity contribution in [1.29, 1.82) is 0 Å². The largest absolute Gasteiger partial charge is 0.355 e. The Hall–Kier alpha value is -1.29. The van der Waals surface area contributed by atoms with Crippen LogP contribution in [0.25, 0.3) is 0 Å². The fraction of sp³-hybridized carbons (Fsp3) is 0.667. The Balaban J connectivity index is 2.38. The van der Waals surface area contributed by atoms with Gasteiger partial charge in [-0.2, -0.15) is 0 Å². The zero-order chi connectivity index (χ0) is 14.3. The van der Waals surface area contributed by atoms with Crippen LogP contribution in [-0.2, 0) is 11.3 Å². The topological polar surface area (TPSA) is 46.1 Å². The normalized spacial score (nSPS) is 12.7. The highest BCUT2D eigenvalue weighted by Crippen LogP contribution is 2.12. The Morgan fingerprint density at radius 1 is 1.37 bits per heavy atom. The summed E-state index contributed by atoms with van der Waals surface area (Å²) in [5.74, 6) is 0.707. The van der Waals surface area contributed by atoms with Gasteiger partial charge < -0.3 is 15.2 Å². The first-order valence-electron chi connectivity index (χ1n) is 7.18. The van der Waals surface area contributed by atoms with Gasteiger partial charge in [-0.15, -0.1) is 0 Å². The van der Waals surface area contributed by atoms with E-state index in [4.69, 9.17) is 0 Å². The molecule has 1 unspecified atom stereocenters. The molecule has 1 amide bonds. The van der Waals surface area contributed by atoms with E-state index in [1.165, 1.54) is 5.56 Å². The molecule has 108 valence electrons. The molecule has 0 aliphatic carbocycles. The molecule has 1 aromatic heterocycles. The molecular weight excluding hydrogens is 238 g/mol. The summed E-state index contributed by atoms with van der Waals surface area (Å²) in [5, 5.41) is 6.31. The standard InChI is InChI=1S/C15H27N3O/c1-5-16-13(4)14-7-9-18(10-14)11-15(19)17-8-6-12(2)3/h7,9-10,12-13,16H,5-6,8,11H2,1-4H3,(H,17,19). The number of nitrogens with zero attached hydrogens (tertiary/aromatic N) is 1. The third-order valence-corrected chi connectivity index (χ3v) is 3.15. The highest BCUT2D eigenvalue weighted by atomic mass is 16.1. The van der Waals surface area contributed by atoms with Gasteiger partial charge in [0.05, 0.1) is 0 Å². The number of amides is 1. The predicted octanol–water partition coefficient (Wildman–Crippen LogP) is 2.32. The molecule has 4 heteroatoms. The van der Waals surface area contributed by atoms with E-state index in [1.807, 2.05) is 17.0 Å². The van der Waals surface area contributed by atoms with Crippen LogP contribution in [0.3, 0.4) is 0 Å². The Kier molecular flexibility index (Phi) is 6.64. The van der Waals surface area contributed by atoms with Crippen molar-refractivity contribution in [1.82, 2.24) is 15.2 Å². The van der Waals surface area contributed by atoms with Gasteiger partial charge in [0.25, 0.3) is 0 Å². The van der Waals surface area contributed by atoms with Crippen molar-refractivity contribution in [3.8, 4) is 0 Å². The van der Waals surface area contributed by atoms with Crippen molar-refractivity contribution < 1.29 is 4.79 Å². The molecular formula is C15H27N3O. The maximum absolute atomic E-state index is 11.8. The molecule has 1 aromatic rings. The summed E-state index contributed by atoms with van der Waals surface area (Å²) in [6, 6.07) is 2.39. The zero-order valence-electron chi connectivity index (χ0n) is 12.6. The lowest BCUT2D eigenvalue weighted by Crippen LogP contribution is -2.28. The average Bonchev–Trinajstić information content (AvgIpc) is 2.77. The lowest BCUT2D eigenvalue weighted by atomic mass is 10.1. The summed E-state index contributed by atoms with van der Waals surface area (Å²) in [4.78, 5) is 11.8. The van der Waals surface area contributed by atoms with Crippen LogP contribution in [0, 0.1) is 5.92 Å². The highest BCUT2D eigenvalue weighted by molar-refractivity contribution is 5.75. The molecule has 1 atom stereocenters. The van der Waals surface area contributed by atoms with Crippen molar-refractivity contribution in [2.75, 3.05) is 13.1 Å². The van der Waals surface area contributed by atoms with Crippen LogP contribution in [0.4, 0.5) is 0 Å². The molecule has 1 heterocycles. The van der Waals surface area contributed by atoms with E-state index >= 15 is 0 Å². The molecule has 0 aliphatic rings. The van der Waals surface area contributed by atoms with Crippen molar-refractivity contribution in [3.05, 3.63) is 24.0 Å². The molecule has 2 N–H and O–H groups in total. The van der Waals surface area contributed by atoms with E-state index in [-0.39, 0.29) is 5.91 Å². The molecule has 0 saturated heterocycles. The number of nitrogens with one attached hydrogen (secondary N) is 2. The molecule has 0 fully saturated rings. The number of carbonyl (C=O) groups excluding carboxylic acids is 1. The molecule has 19 heavy (non-hydrogen) atoms. The monoisotopic (exact) mass is 265 g/mol. The molecule has 0 radical (unpaired) electrons. The molecule has 0 spiro atoms. The van der Waals surface area contributed by atoms with Crippen LogP contribution < -0.4 is 10.6 Å². The van der Waals surface area contributed by atoms with Gasteiger partial charge >= 0.3 is 0 Å². The van der Waals surface area contributed by atoms with Crippen LogP contribution in [-0.4, -0.2) is 23.6 Å². The summed E-state index contributed by atoms with van der Waals surface area (Å²) in [6.45, 7) is 10.7. The zero-order valence-corrected chi connectivity index (χ0v) is 12.6. The van der Waals surface area contributed by atoms with Crippen molar-refractivity contribution in [2.24, 2.45) is 5.92 Å². The van der Waals surface area contributed by atoms with Gasteiger partial charge in [0.1, 0.15) is 6.54 Å². The van der Waals surface area contributed by atoms with E-state index in [0.29, 0.717) is 18.5 Å². The van der Waals surface area contributed by atoms with Gasteiger partial charge in [-0.1, -0.05) is 20.8 Å². The van der Waals surface area contributed by atoms with E-state index in [0.717, 1.165) is 19.5 Å². The van der Waals surface area contributed by atoms with Gasteiger partial charge in [-0.05, 0) is 37.4 Å². The van der Waals surface area contributed by atoms with Crippen molar-refractivity contribution in [3.63, 3.8) is 0 Å². The van der Waals surface area contributed by atoms with Crippen LogP contribution in [0.5, 0.6) is 0 Å². The minimum Gasteiger partial charge on any atom is -0.355 e. The number of rotatable bonds is 8. The SMILES string of the molecule is CCNC(C)c1ccn(CC(=O)NCCC(C)C)c1. The Morgan fingerprint density at radius 3 is 2.74 bits per heavy atom. The number of hydrogen-bond acceptors (Lipinski definition) is 2. The first-order valence-corrected chi connectivity index (χ1v) is 7.18. The van der Waals surface area contributed by atoms with Crippen LogP contribution in [0.2, 0.25) is 0 Å². The second kappa shape index (κ2) is 8.00. The first-order chi connectivity index (χ1) is 9.02. The fourth-order valence-corrected chi connectivity index (χ4v) is 1.96. The van der Waals surface area contributed by atoms with Gasteiger partial charge in [0, 0.05) is 25.0 Å². The van der Waals surface area contributed by atoms with Gasteiger partial charge in [0.15, 0.2) is 0 Å². The van der Waals surface area contributed by atoms with E-state index in [9.17, 15) is 4.79 Å². The number of aromatic nitrogens is 1. The Bertz CT molecular complexity index is 384. The minimum atomic E-state index is 0.0823. The summed E-state index contributed by atoms with van der Waals surface area (Å²) >= 11 is 0. The Labute approximate surface area is 116 Å². The van der Waals surface area contributed by atoms with Gasteiger partial charge in [-0.3, -0.25) is 4.79 Å². The third kappa shape index (κ3) is 5.92. The maximum Gasteiger partial charge on any atom is 0.239 e.